The largest absolute Gasteiger partial charge is 0.327 e. The fourth-order valence-corrected chi connectivity index (χ4v) is 2.08. The number of nitrogens with two attached hydrogens (primary N) is 1. The Bertz CT molecular complexity index is 621. The fourth-order valence-electron chi connectivity index (χ4n) is 2.08. The van der Waals surface area contributed by atoms with E-state index in [2.05, 4.69) is 40.4 Å². The molecule has 0 aliphatic heterocycles. The Labute approximate surface area is 114 Å². The number of imidazole rings is 1. The molecule has 19 heavy (non-hydrogen) atoms. The lowest BCUT2D eigenvalue weighted by molar-refractivity contribution is 0.665. The van der Waals surface area contributed by atoms with Crippen molar-refractivity contribution in [2.24, 2.45) is 5.73 Å². The number of nitrogens with zero attached hydrogens (tertiary/aromatic N) is 2. The van der Waals surface area contributed by atoms with Crippen LogP contribution in [0.3, 0.4) is 0 Å². The Morgan fingerprint density at radius 3 is 2.74 bits per heavy atom. The van der Waals surface area contributed by atoms with Crippen molar-refractivity contribution in [3.8, 4) is 11.8 Å². The third-order valence-electron chi connectivity index (χ3n) is 2.84. The van der Waals surface area contributed by atoms with Gasteiger partial charge in [-0.3, -0.25) is 0 Å². The van der Waals surface area contributed by atoms with Gasteiger partial charge in [0, 0.05) is 6.54 Å². The fraction of sp³-hybridized carbons (Fsp3) is 0.438. The molecular weight excluding hydrogens is 234 g/mol. The lowest BCUT2D eigenvalue weighted by atomic mass is 10.1. The summed E-state index contributed by atoms with van der Waals surface area (Å²) < 4.78 is 2.26. The lowest BCUT2D eigenvalue weighted by Gasteiger charge is -2.08. The summed E-state index contributed by atoms with van der Waals surface area (Å²) in [4.78, 5) is 4.67. The van der Waals surface area contributed by atoms with Gasteiger partial charge in [-0.05, 0) is 32.4 Å². The van der Waals surface area contributed by atoms with Crippen molar-refractivity contribution in [1.82, 2.24) is 9.55 Å². The van der Waals surface area contributed by atoms with Crippen molar-refractivity contribution in [3.05, 3.63) is 30.1 Å². The highest BCUT2D eigenvalue weighted by molar-refractivity contribution is 5.76. The van der Waals surface area contributed by atoms with Crippen LogP contribution in [0.5, 0.6) is 0 Å². The Kier molecular flexibility index (Phi) is 3.92. The van der Waals surface area contributed by atoms with Gasteiger partial charge in [-0.25, -0.2) is 4.98 Å². The smallest absolute Gasteiger partial charge is 0.121 e. The first kappa shape index (κ1) is 13.6. The van der Waals surface area contributed by atoms with E-state index in [4.69, 9.17) is 5.73 Å². The van der Waals surface area contributed by atoms with Crippen LogP contribution in [0.2, 0.25) is 0 Å². The molecule has 0 fully saturated rings. The second kappa shape index (κ2) is 5.46. The minimum Gasteiger partial charge on any atom is -0.327 e. The normalized spacial score (nSPS) is 11.4. The molecule has 0 spiro atoms. The van der Waals surface area contributed by atoms with E-state index in [0.29, 0.717) is 6.42 Å². The van der Waals surface area contributed by atoms with Gasteiger partial charge in [-0.15, -0.1) is 0 Å². The third kappa shape index (κ3) is 3.36. The third-order valence-corrected chi connectivity index (χ3v) is 2.84. The molecule has 3 nitrogen and oxygen atoms in total. The molecule has 3 heteroatoms. The monoisotopic (exact) mass is 255 g/mol. The van der Waals surface area contributed by atoms with Gasteiger partial charge < -0.3 is 10.3 Å². The first-order valence-corrected chi connectivity index (χ1v) is 6.74. The molecule has 0 aliphatic carbocycles. The number of fused-ring (bicyclic) bond motifs is 1. The van der Waals surface area contributed by atoms with E-state index in [9.17, 15) is 0 Å². The molecule has 2 rings (SSSR count). The zero-order chi connectivity index (χ0) is 13.9. The highest BCUT2D eigenvalue weighted by Gasteiger charge is 2.09. The number of hydrogen-bond donors (Lipinski definition) is 1. The number of aryl methyl sites for hydroxylation is 1. The highest BCUT2D eigenvalue weighted by atomic mass is 15.1. The molecule has 100 valence electrons. The first-order valence-electron chi connectivity index (χ1n) is 6.74. The van der Waals surface area contributed by atoms with Crippen LogP contribution in [0.25, 0.3) is 11.0 Å². The maximum atomic E-state index is 5.87. The van der Waals surface area contributed by atoms with Gasteiger partial charge in [-0.1, -0.05) is 30.9 Å². The van der Waals surface area contributed by atoms with Gasteiger partial charge in [-0.2, -0.15) is 0 Å². The average molecular weight is 255 g/mol. The summed E-state index contributed by atoms with van der Waals surface area (Å²) in [7, 11) is 0. The van der Waals surface area contributed by atoms with Gasteiger partial charge in [0.05, 0.1) is 23.0 Å². The minimum atomic E-state index is -0.443. The molecule has 0 amide bonds. The van der Waals surface area contributed by atoms with E-state index in [-0.39, 0.29) is 0 Å². The summed E-state index contributed by atoms with van der Waals surface area (Å²) >= 11 is 0. The molecule has 1 aromatic carbocycles. The van der Waals surface area contributed by atoms with Crippen LogP contribution in [0, 0.1) is 11.8 Å². The van der Waals surface area contributed by atoms with Gasteiger partial charge in [0.1, 0.15) is 5.82 Å². The summed E-state index contributed by atoms with van der Waals surface area (Å²) in [6.07, 6.45) is 1.73. The van der Waals surface area contributed by atoms with Crippen LogP contribution >= 0.6 is 0 Å². The molecule has 0 bridgehead atoms. The average Bonchev–Trinajstić information content (AvgIpc) is 2.67. The van der Waals surface area contributed by atoms with Crippen molar-refractivity contribution < 1.29 is 0 Å². The number of benzene rings is 1. The van der Waals surface area contributed by atoms with Crippen molar-refractivity contribution in [3.63, 3.8) is 0 Å². The van der Waals surface area contributed by atoms with Crippen LogP contribution < -0.4 is 5.73 Å². The molecule has 0 saturated carbocycles. The summed E-state index contributed by atoms with van der Waals surface area (Å²) in [5.41, 5.74) is 7.66. The highest BCUT2D eigenvalue weighted by Crippen LogP contribution is 2.16. The Hall–Kier alpha value is -1.79. The van der Waals surface area contributed by atoms with Crippen molar-refractivity contribution in [2.75, 3.05) is 0 Å². The molecule has 0 radical (unpaired) electrons. The predicted molar refractivity (Wildman–Crippen MR) is 79.8 cm³/mol. The minimum absolute atomic E-state index is 0.443. The quantitative estimate of drug-likeness (QED) is 0.857. The topological polar surface area (TPSA) is 43.8 Å². The van der Waals surface area contributed by atoms with Crippen molar-refractivity contribution in [1.29, 1.82) is 0 Å². The van der Waals surface area contributed by atoms with Crippen molar-refractivity contribution >= 4 is 11.0 Å². The van der Waals surface area contributed by atoms with E-state index in [0.717, 1.165) is 24.3 Å². The summed E-state index contributed by atoms with van der Waals surface area (Å²) in [6.45, 7) is 6.97. The number of para-hydroxylation sites is 2. The van der Waals surface area contributed by atoms with Crippen LogP contribution in [0.15, 0.2) is 24.3 Å². The zero-order valence-electron chi connectivity index (χ0n) is 11.9. The van der Waals surface area contributed by atoms with Gasteiger partial charge in [0.25, 0.3) is 0 Å². The molecule has 1 heterocycles. The zero-order valence-corrected chi connectivity index (χ0v) is 11.9. The van der Waals surface area contributed by atoms with Gasteiger partial charge >= 0.3 is 0 Å². The first-order chi connectivity index (χ1) is 9.01. The maximum Gasteiger partial charge on any atom is 0.121 e. The molecule has 2 N–H and O–H groups in total. The molecule has 0 saturated heterocycles. The maximum absolute atomic E-state index is 5.87. The second-order valence-corrected chi connectivity index (χ2v) is 5.37. The van der Waals surface area contributed by atoms with E-state index < -0.39 is 5.54 Å². The number of hydrogen-bond acceptors (Lipinski definition) is 2. The summed E-state index contributed by atoms with van der Waals surface area (Å²) in [5.74, 6) is 7.23. The second-order valence-electron chi connectivity index (χ2n) is 5.37. The van der Waals surface area contributed by atoms with E-state index in [1.54, 1.807) is 0 Å². The van der Waals surface area contributed by atoms with E-state index in [1.807, 2.05) is 26.0 Å². The van der Waals surface area contributed by atoms with Crippen LogP contribution in [0.4, 0.5) is 0 Å². The molecule has 0 aliphatic rings. The Balaban J connectivity index is 2.36. The molecular formula is C16H21N3. The number of aromatic nitrogens is 2. The van der Waals surface area contributed by atoms with E-state index in [1.165, 1.54) is 5.52 Å². The Morgan fingerprint density at radius 1 is 1.32 bits per heavy atom. The molecule has 2 aromatic rings. The molecule has 0 atom stereocenters. The van der Waals surface area contributed by atoms with Gasteiger partial charge in [0.2, 0.25) is 0 Å². The standard InChI is InChI=1S/C16H21N3/c1-4-12-19-14-9-6-5-8-13(14)18-15(19)10-7-11-16(2,3)17/h5-6,8-9H,4,10,12,17H2,1-3H3. The SMILES string of the molecule is CCCn1c(CC#CC(C)(C)N)nc2ccccc21. The van der Waals surface area contributed by atoms with Crippen LogP contribution in [-0.4, -0.2) is 15.1 Å². The molecule has 1 aromatic heterocycles. The predicted octanol–water partition coefficient (Wildman–Crippen LogP) is 2.73. The number of rotatable bonds is 3. The summed E-state index contributed by atoms with van der Waals surface area (Å²) in [5, 5.41) is 0. The summed E-state index contributed by atoms with van der Waals surface area (Å²) in [6, 6.07) is 8.23. The Morgan fingerprint density at radius 2 is 2.05 bits per heavy atom. The molecule has 0 unspecified atom stereocenters. The lowest BCUT2D eigenvalue weighted by Crippen LogP contribution is -2.29. The van der Waals surface area contributed by atoms with Crippen molar-refractivity contribution in [2.45, 2.75) is 45.7 Å². The van der Waals surface area contributed by atoms with Gasteiger partial charge in [0.15, 0.2) is 0 Å². The van der Waals surface area contributed by atoms with Crippen LogP contribution in [0.1, 0.15) is 33.0 Å². The van der Waals surface area contributed by atoms with Crippen LogP contribution in [-0.2, 0) is 13.0 Å². The van der Waals surface area contributed by atoms with E-state index >= 15 is 0 Å².